The Hall–Kier alpha value is -2.57. The maximum Gasteiger partial charge on any atom is 0.306 e. The molecule has 1 fully saturated rings. The summed E-state index contributed by atoms with van der Waals surface area (Å²) in [7, 11) is 2.92. The molecule has 1 aliphatic heterocycles. The Kier molecular flexibility index (Phi) is 6.60. The number of rotatable bonds is 5. The van der Waals surface area contributed by atoms with Crippen LogP contribution >= 0.6 is 0 Å². The summed E-state index contributed by atoms with van der Waals surface area (Å²) >= 11 is 0. The third-order valence-corrected chi connectivity index (χ3v) is 4.88. The molecule has 1 heterocycles. The average molecular weight is 362 g/mol. The Labute approximate surface area is 153 Å². The van der Waals surface area contributed by atoms with Gasteiger partial charge >= 0.3 is 5.97 Å². The van der Waals surface area contributed by atoms with Gasteiger partial charge in [-0.3, -0.25) is 14.4 Å². The van der Waals surface area contributed by atoms with E-state index >= 15 is 0 Å². The first kappa shape index (κ1) is 19.8. The van der Waals surface area contributed by atoms with E-state index in [2.05, 4.69) is 4.74 Å². The first-order valence-electron chi connectivity index (χ1n) is 8.67. The number of methoxy groups -OCH3 is 2. The molecule has 1 aliphatic rings. The largest absolute Gasteiger partial charge is 0.496 e. The number of carbonyl (C=O) groups is 3. The first-order chi connectivity index (χ1) is 12.4. The zero-order valence-corrected chi connectivity index (χ0v) is 15.8. The summed E-state index contributed by atoms with van der Waals surface area (Å²) in [4.78, 5) is 39.6. The number of benzene rings is 1. The van der Waals surface area contributed by atoms with Gasteiger partial charge in [-0.05, 0) is 37.1 Å². The molecule has 0 radical (unpaired) electrons. The zero-order valence-electron chi connectivity index (χ0n) is 15.8. The number of ether oxygens (including phenoxy) is 2. The molecule has 1 aromatic carbocycles. The topological polar surface area (TPSA) is 76.2 Å². The number of amides is 2. The SMILES string of the molecule is COC(=O)CCC(=O)N1CCN(C(=O)c2ccc(OC)c(C)c2C)CC1. The zero-order chi connectivity index (χ0) is 19.3. The maximum absolute atomic E-state index is 12.8. The minimum atomic E-state index is -0.391. The van der Waals surface area contributed by atoms with Crippen LogP contribution in [0.15, 0.2) is 12.1 Å². The lowest BCUT2D eigenvalue weighted by Gasteiger charge is -2.35. The third kappa shape index (κ3) is 4.33. The molecule has 0 atom stereocenters. The van der Waals surface area contributed by atoms with Crippen molar-refractivity contribution in [3.8, 4) is 5.75 Å². The van der Waals surface area contributed by atoms with E-state index in [9.17, 15) is 14.4 Å². The molecule has 142 valence electrons. The van der Waals surface area contributed by atoms with Crippen molar-refractivity contribution in [2.45, 2.75) is 26.7 Å². The fourth-order valence-electron chi connectivity index (χ4n) is 3.05. The van der Waals surface area contributed by atoms with Crippen LogP contribution in [0.4, 0.5) is 0 Å². The van der Waals surface area contributed by atoms with Crippen molar-refractivity contribution >= 4 is 17.8 Å². The highest BCUT2D eigenvalue weighted by Gasteiger charge is 2.26. The van der Waals surface area contributed by atoms with E-state index in [-0.39, 0.29) is 24.7 Å². The second-order valence-corrected chi connectivity index (χ2v) is 6.31. The van der Waals surface area contributed by atoms with Crippen molar-refractivity contribution in [1.29, 1.82) is 0 Å². The number of nitrogens with zero attached hydrogens (tertiary/aromatic N) is 2. The van der Waals surface area contributed by atoms with E-state index in [1.165, 1.54) is 7.11 Å². The molecule has 1 aromatic rings. The highest BCUT2D eigenvalue weighted by atomic mass is 16.5. The van der Waals surface area contributed by atoms with Crippen molar-refractivity contribution in [2.24, 2.45) is 0 Å². The van der Waals surface area contributed by atoms with Crippen LogP contribution in [-0.4, -0.2) is 68.0 Å². The third-order valence-electron chi connectivity index (χ3n) is 4.88. The molecule has 0 unspecified atom stereocenters. The van der Waals surface area contributed by atoms with Crippen LogP contribution in [0.5, 0.6) is 5.75 Å². The molecular weight excluding hydrogens is 336 g/mol. The van der Waals surface area contributed by atoms with Crippen LogP contribution in [-0.2, 0) is 14.3 Å². The lowest BCUT2D eigenvalue weighted by Crippen LogP contribution is -2.50. The van der Waals surface area contributed by atoms with Gasteiger partial charge in [0, 0.05) is 38.2 Å². The lowest BCUT2D eigenvalue weighted by atomic mass is 10.0. The minimum Gasteiger partial charge on any atom is -0.496 e. The van der Waals surface area contributed by atoms with Gasteiger partial charge in [0.05, 0.1) is 20.6 Å². The summed E-state index contributed by atoms with van der Waals surface area (Å²) in [6.07, 6.45) is 0.218. The van der Waals surface area contributed by atoms with Gasteiger partial charge in [-0.15, -0.1) is 0 Å². The standard InChI is InChI=1S/C19H26N2O5/c1-13-14(2)16(25-3)6-5-15(13)19(24)21-11-9-20(10-12-21)17(22)7-8-18(23)26-4/h5-6H,7-12H2,1-4H3. The number of esters is 1. The van der Waals surface area contributed by atoms with E-state index in [0.29, 0.717) is 31.7 Å². The van der Waals surface area contributed by atoms with E-state index in [1.807, 2.05) is 19.9 Å². The summed E-state index contributed by atoms with van der Waals surface area (Å²) in [6.45, 7) is 5.75. The monoisotopic (exact) mass is 362 g/mol. The maximum atomic E-state index is 12.8. The van der Waals surface area contributed by atoms with Crippen LogP contribution in [0, 0.1) is 13.8 Å². The Morgan fingerprint density at radius 2 is 1.54 bits per heavy atom. The highest BCUT2D eigenvalue weighted by molar-refractivity contribution is 5.96. The Morgan fingerprint density at radius 3 is 2.12 bits per heavy atom. The first-order valence-corrected chi connectivity index (χ1v) is 8.67. The van der Waals surface area contributed by atoms with Gasteiger partial charge in [0.15, 0.2) is 0 Å². The molecule has 0 bridgehead atoms. The lowest BCUT2D eigenvalue weighted by molar-refractivity contribution is -0.143. The van der Waals surface area contributed by atoms with Crippen molar-refractivity contribution in [3.05, 3.63) is 28.8 Å². The fourth-order valence-corrected chi connectivity index (χ4v) is 3.05. The van der Waals surface area contributed by atoms with Gasteiger partial charge in [0.2, 0.25) is 5.91 Å². The summed E-state index contributed by atoms with van der Waals surface area (Å²) < 4.78 is 9.84. The van der Waals surface area contributed by atoms with Crippen molar-refractivity contribution in [3.63, 3.8) is 0 Å². The van der Waals surface area contributed by atoms with Gasteiger partial charge in [-0.25, -0.2) is 0 Å². The van der Waals surface area contributed by atoms with Gasteiger partial charge in [0.25, 0.3) is 5.91 Å². The molecule has 0 aliphatic carbocycles. The molecule has 0 spiro atoms. The van der Waals surface area contributed by atoms with Gasteiger partial charge in [-0.2, -0.15) is 0 Å². The molecule has 2 amide bonds. The summed E-state index contributed by atoms with van der Waals surface area (Å²) in [5, 5.41) is 0. The van der Waals surface area contributed by atoms with Crippen LogP contribution < -0.4 is 4.74 Å². The summed E-state index contributed by atoms with van der Waals surface area (Å²) in [5.41, 5.74) is 2.52. The minimum absolute atomic E-state index is 0.0325. The second-order valence-electron chi connectivity index (χ2n) is 6.31. The molecule has 2 rings (SSSR count). The van der Waals surface area contributed by atoms with Crippen LogP contribution in [0.25, 0.3) is 0 Å². The molecule has 0 saturated carbocycles. The Bertz CT molecular complexity index is 693. The molecule has 26 heavy (non-hydrogen) atoms. The normalized spacial score (nSPS) is 14.2. The van der Waals surface area contributed by atoms with Crippen LogP contribution in [0.1, 0.15) is 34.3 Å². The summed E-state index contributed by atoms with van der Waals surface area (Å²) in [5.74, 6) is 0.256. The van der Waals surface area contributed by atoms with Gasteiger partial charge < -0.3 is 19.3 Å². The van der Waals surface area contributed by atoms with Gasteiger partial charge in [0.1, 0.15) is 5.75 Å². The fraction of sp³-hybridized carbons (Fsp3) is 0.526. The van der Waals surface area contributed by atoms with E-state index in [1.54, 1.807) is 23.0 Å². The number of carbonyl (C=O) groups excluding carboxylic acids is 3. The predicted molar refractivity (Wildman–Crippen MR) is 96.2 cm³/mol. The van der Waals surface area contributed by atoms with Crippen molar-refractivity contribution in [1.82, 2.24) is 9.80 Å². The van der Waals surface area contributed by atoms with E-state index in [4.69, 9.17) is 4.74 Å². The Balaban J connectivity index is 1.95. The second kappa shape index (κ2) is 8.69. The molecule has 7 heteroatoms. The molecule has 1 saturated heterocycles. The average Bonchev–Trinajstić information content (AvgIpc) is 2.67. The van der Waals surface area contributed by atoms with Crippen molar-refractivity contribution in [2.75, 3.05) is 40.4 Å². The molecule has 0 N–H and O–H groups in total. The van der Waals surface area contributed by atoms with Gasteiger partial charge in [-0.1, -0.05) is 0 Å². The number of piperazine rings is 1. The smallest absolute Gasteiger partial charge is 0.306 e. The highest BCUT2D eigenvalue weighted by Crippen LogP contribution is 2.25. The van der Waals surface area contributed by atoms with E-state index < -0.39 is 5.97 Å². The Morgan fingerprint density at radius 1 is 0.923 bits per heavy atom. The molecular formula is C19H26N2O5. The quantitative estimate of drug-likeness (QED) is 0.743. The molecule has 7 nitrogen and oxygen atoms in total. The van der Waals surface area contributed by atoms with Crippen LogP contribution in [0.3, 0.4) is 0 Å². The summed E-state index contributed by atoms with van der Waals surface area (Å²) in [6, 6.07) is 3.60. The van der Waals surface area contributed by atoms with Crippen LogP contribution in [0.2, 0.25) is 0 Å². The van der Waals surface area contributed by atoms with Crippen molar-refractivity contribution < 1.29 is 23.9 Å². The predicted octanol–water partition coefficient (Wildman–Crippen LogP) is 1.55. The number of hydrogen-bond donors (Lipinski definition) is 0. The number of hydrogen-bond acceptors (Lipinski definition) is 5. The van der Waals surface area contributed by atoms with E-state index in [0.717, 1.165) is 16.9 Å². The molecule has 0 aromatic heterocycles.